The van der Waals surface area contributed by atoms with Gasteiger partial charge in [-0.3, -0.25) is 0 Å². The van der Waals surface area contributed by atoms with E-state index in [0.29, 0.717) is 11.1 Å². The van der Waals surface area contributed by atoms with Crippen LogP contribution >= 0.6 is 24.0 Å². The molecule has 0 fully saturated rings. The maximum absolute atomic E-state index is 13.5. The number of anilines is 1. The Morgan fingerprint density at radius 3 is 2.38 bits per heavy atom. The minimum absolute atomic E-state index is 0. The van der Waals surface area contributed by atoms with Gasteiger partial charge in [0.15, 0.2) is 15.8 Å². The van der Waals surface area contributed by atoms with Gasteiger partial charge in [0.1, 0.15) is 5.82 Å². The summed E-state index contributed by atoms with van der Waals surface area (Å²) >= 11 is 0. The van der Waals surface area contributed by atoms with Crippen LogP contribution in [0.1, 0.15) is 23.6 Å². The molecule has 3 N–H and O–H groups in total. The fourth-order valence-electron chi connectivity index (χ4n) is 2.35. The monoisotopic (exact) mass is 491 g/mol. The second-order valence-electron chi connectivity index (χ2n) is 5.86. The third-order valence-corrected chi connectivity index (χ3v) is 4.48. The van der Waals surface area contributed by atoms with Crippen LogP contribution in [0.2, 0.25) is 0 Å². The van der Waals surface area contributed by atoms with E-state index in [4.69, 9.17) is 5.73 Å². The number of hydrogen-bond acceptors (Lipinski definition) is 3. The Labute approximate surface area is 170 Å². The van der Waals surface area contributed by atoms with E-state index in [2.05, 4.69) is 17.2 Å². The highest BCUT2D eigenvalue weighted by molar-refractivity contribution is 14.0. The molecule has 0 bridgehead atoms. The smallest absolute Gasteiger partial charge is 0.193 e. The molecule has 0 heterocycles. The lowest BCUT2D eigenvalue weighted by molar-refractivity contribution is 0.600. The summed E-state index contributed by atoms with van der Waals surface area (Å²) in [6.07, 6.45) is 2.09. The molecule has 2 aromatic rings. The summed E-state index contributed by atoms with van der Waals surface area (Å²) in [5.41, 5.74) is 8.90. The molecule has 0 spiro atoms. The van der Waals surface area contributed by atoms with Crippen molar-refractivity contribution in [1.82, 2.24) is 0 Å². The Balaban J connectivity index is 0.00000338. The van der Waals surface area contributed by atoms with Gasteiger partial charge in [-0.2, -0.15) is 0 Å². The summed E-state index contributed by atoms with van der Waals surface area (Å²) < 4.78 is 36.5. The molecule has 0 unspecified atom stereocenters. The second kappa shape index (κ2) is 9.86. The molecule has 5 nitrogen and oxygen atoms in total. The van der Waals surface area contributed by atoms with Crippen molar-refractivity contribution in [3.63, 3.8) is 0 Å². The SMILES string of the molecule is CCc1ccc(NC(N)=NCc2cc(F)ccc2CS(C)(=O)=O)cc1.I. The standard InChI is InChI=1S/C18H22FN3O2S.HI/c1-3-13-4-8-17(9-5-13)22-18(20)21-11-15-10-16(19)7-6-14(15)12-25(2,23)24;/h4-10H,3,11-12H2,1-2H3,(H3,20,21,22);1H. The predicted molar refractivity (Wildman–Crippen MR) is 115 cm³/mol. The number of aryl methyl sites for hydroxylation is 1. The van der Waals surface area contributed by atoms with Gasteiger partial charge >= 0.3 is 0 Å². The maximum Gasteiger partial charge on any atom is 0.193 e. The predicted octanol–water partition coefficient (Wildman–Crippen LogP) is 3.48. The molecule has 2 aromatic carbocycles. The summed E-state index contributed by atoms with van der Waals surface area (Å²) in [5.74, 6) is -0.424. The van der Waals surface area contributed by atoms with Crippen LogP contribution in [0.5, 0.6) is 0 Å². The fourth-order valence-corrected chi connectivity index (χ4v) is 3.19. The number of rotatable bonds is 6. The summed E-state index contributed by atoms with van der Waals surface area (Å²) in [6.45, 7) is 2.17. The number of benzene rings is 2. The van der Waals surface area contributed by atoms with Crippen LogP contribution in [0.3, 0.4) is 0 Å². The Kier molecular flexibility index (Phi) is 8.48. The molecule has 0 aromatic heterocycles. The summed E-state index contributed by atoms with van der Waals surface area (Å²) in [6, 6.07) is 11.8. The first kappa shape index (κ1) is 22.4. The number of aliphatic imine (C=N–C) groups is 1. The average Bonchev–Trinajstić information content (AvgIpc) is 2.54. The molecule has 0 amide bonds. The van der Waals surface area contributed by atoms with Crippen LogP contribution < -0.4 is 11.1 Å². The lowest BCUT2D eigenvalue weighted by atomic mass is 10.1. The van der Waals surface area contributed by atoms with E-state index in [-0.39, 0.29) is 42.2 Å². The Morgan fingerprint density at radius 2 is 1.81 bits per heavy atom. The first-order chi connectivity index (χ1) is 11.8. The van der Waals surface area contributed by atoms with Gasteiger partial charge in [0, 0.05) is 11.9 Å². The first-order valence-electron chi connectivity index (χ1n) is 7.87. The summed E-state index contributed by atoms with van der Waals surface area (Å²) in [5, 5.41) is 2.96. The topological polar surface area (TPSA) is 84.5 Å². The summed E-state index contributed by atoms with van der Waals surface area (Å²) in [7, 11) is -3.22. The zero-order valence-corrected chi connectivity index (χ0v) is 17.8. The number of halogens is 2. The van der Waals surface area contributed by atoms with Gasteiger partial charge in [0.2, 0.25) is 0 Å². The van der Waals surface area contributed by atoms with Crippen LogP contribution in [-0.2, 0) is 28.6 Å². The highest BCUT2D eigenvalue weighted by atomic mass is 127. The number of hydrogen-bond donors (Lipinski definition) is 2. The normalized spacial score (nSPS) is 11.7. The highest BCUT2D eigenvalue weighted by Gasteiger charge is 2.10. The molecule has 0 aliphatic carbocycles. The molecule has 0 saturated heterocycles. The first-order valence-corrected chi connectivity index (χ1v) is 9.94. The van der Waals surface area contributed by atoms with Crippen molar-refractivity contribution >= 4 is 45.5 Å². The number of nitrogens with two attached hydrogens (primary N) is 1. The largest absolute Gasteiger partial charge is 0.370 e. The Hall–Kier alpha value is -1.68. The molecule has 8 heteroatoms. The van der Waals surface area contributed by atoms with Crippen molar-refractivity contribution in [1.29, 1.82) is 0 Å². The van der Waals surface area contributed by atoms with Crippen LogP contribution in [0.25, 0.3) is 0 Å². The number of sulfone groups is 1. The second-order valence-corrected chi connectivity index (χ2v) is 8.00. The third-order valence-electron chi connectivity index (χ3n) is 3.64. The van der Waals surface area contributed by atoms with Crippen LogP contribution in [-0.4, -0.2) is 20.6 Å². The molecular formula is C18H23FIN3O2S. The van der Waals surface area contributed by atoms with Gasteiger partial charge in [-0.25, -0.2) is 17.8 Å². The molecule has 0 aliphatic rings. The maximum atomic E-state index is 13.5. The van der Waals surface area contributed by atoms with Gasteiger partial charge < -0.3 is 11.1 Å². The molecule has 26 heavy (non-hydrogen) atoms. The molecule has 142 valence electrons. The van der Waals surface area contributed by atoms with Crippen LogP contribution in [0, 0.1) is 5.82 Å². The van der Waals surface area contributed by atoms with Gasteiger partial charge in [-0.15, -0.1) is 24.0 Å². The lowest BCUT2D eigenvalue weighted by Crippen LogP contribution is -2.22. The van der Waals surface area contributed by atoms with E-state index in [1.807, 2.05) is 24.3 Å². The zero-order valence-electron chi connectivity index (χ0n) is 14.7. The van der Waals surface area contributed by atoms with Crippen LogP contribution in [0.15, 0.2) is 47.5 Å². The van der Waals surface area contributed by atoms with Crippen molar-refractivity contribution in [2.45, 2.75) is 25.6 Å². The molecule has 0 atom stereocenters. The third kappa shape index (κ3) is 7.28. The fraction of sp³-hybridized carbons (Fsp3) is 0.278. The summed E-state index contributed by atoms with van der Waals surface area (Å²) in [4.78, 5) is 4.19. The van der Waals surface area contributed by atoms with Crippen molar-refractivity contribution in [3.05, 3.63) is 65.0 Å². The molecule has 0 aliphatic heterocycles. The van der Waals surface area contributed by atoms with Crippen molar-refractivity contribution in [2.75, 3.05) is 11.6 Å². The number of nitrogens with one attached hydrogen (secondary N) is 1. The average molecular weight is 491 g/mol. The van der Waals surface area contributed by atoms with Gasteiger partial charge in [0.05, 0.1) is 12.3 Å². The quantitative estimate of drug-likeness (QED) is 0.368. The zero-order chi connectivity index (χ0) is 18.4. The van der Waals surface area contributed by atoms with Gasteiger partial charge in [0.25, 0.3) is 0 Å². The molecule has 0 radical (unpaired) electrons. The van der Waals surface area contributed by atoms with Gasteiger partial charge in [-0.1, -0.05) is 25.1 Å². The van der Waals surface area contributed by atoms with E-state index in [0.717, 1.165) is 18.4 Å². The van der Waals surface area contributed by atoms with Crippen molar-refractivity contribution in [2.24, 2.45) is 10.7 Å². The van der Waals surface area contributed by atoms with E-state index in [9.17, 15) is 12.8 Å². The van der Waals surface area contributed by atoms with E-state index >= 15 is 0 Å². The van der Waals surface area contributed by atoms with Crippen molar-refractivity contribution < 1.29 is 12.8 Å². The highest BCUT2D eigenvalue weighted by Crippen LogP contribution is 2.16. The molecule has 2 rings (SSSR count). The molecule has 0 saturated carbocycles. The van der Waals surface area contributed by atoms with E-state index in [1.165, 1.54) is 23.8 Å². The lowest BCUT2D eigenvalue weighted by Gasteiger charge is -2.09. The van der Waals surface area contributed by atoms with Crippen LogP contribution in [0.4, 0.5) is 10.1 Å². The van der Waals surface area contributed by atoms with Gasteiger partial charge in [-0.05, 0) is 47.4 Å². The molecular weight excluding hydrogens is 468 g/mol. The number of nitrogens with zero attached hydrogens (tertiary/aromatic N) is 1. The Bertz CT molecular complexity index is 869. The Morgan fingerprint density at radius 1 is 1.15 bits per heavy atom. The van der Waals surface area contributed by atoms with Crippen molar-refractivity contribution in [3.8, 4) is 0 Å². The van der Waals surface area contributed by atoms with E-state index in [1.54, 1.807) is 0 Å². The number of guanidine groups is 1. The van der Waals surface area contributed by atoms with E-state index < -0.39 is 15.7 Å². The minimum atomic E-state index is -3.22. The minimum Gasteiger partial charge on any atom is -0.370 e.